The zero-order chi connectivity index (χ0) is 12.8. The maximum atomic E-state index is 5.56. The second-order valence-electron chi connectivity index (χ2n) is 4.86. The van der Waals surface area contributed by atoms with Crippen LogP contribution in [-0.2, 0) is 6.42 Å². The number of likely N-dealkylation sites (N-methyl/N-ethyl adjacent to an activating group) is 1. The Labute approximate surface area is 104 Å². The molecule has 1 N–H and O–H groups in total. The molecule has 1 unspecified atom stereocenters. The van der Waals surface area contributed by atoms with Crippen molar-refractivity contribution in [3.05, 3.63) is 18.1 Å². The van der Waals surface area contributed by atoms with Crippen molar-refractivity contribution in [3.8, 4) is 5.88 Å². The Morgan fingerprint density at radius 1 is 1.24 bits per heavy atom. The summed E-state index contributed by atoms with van der Waals surface area (Å²) in [6, 6.07) is 2.35. The summed E-state index contributed by atoms with van der Waals surface area (Å²) in [5, 5.41) is 3.31. The predicted octanol–water partition coefficient (Wildman–Crippen LogP) is 2.05. The quantitative estimate of drug-likeness (QED) is 0.822. The highest BCUT2D eigenvalue weighted by atomic mass is 16.5. The molecule has 0 fully saturated rings. The number of nitrogens with one attached hydrogen (secondary N) is 1. The van der Waals surface area contributed by atoms with Gasteiger partial charge in [0.15, 0.2) is 0 Å². The number of hydrogen-bond donors (Lipinski definition) is 1. The average molecular weight is 237 g/mol. The molecule has 0 saturated carbocycles. The Kier molecular flexibility index (Phi) is 5.35. The van der Waals surface area contributed by atoms with E-state index < -0.39 is 0 Å². The SMILES string of the molecule is CNC(Cc1cc(OC(C)C)ncn1)C(C)C. The zero-order valence-electron chi connectivity index (χ0n) is 11.4. The molecule has 1 aromatic rings. The summed E-state index contributed by atoms with van der Waals surface area (Å²) in [5.41, 5.74) is 1.02. The lowest BCUT2D eigenvalue weighted by Gasteiger charge is -2.19. The smallest absolute Gasteiger partial charge is 0.216 e. The van der Waals surface area contributed by atoms with Crippen LogP contribution in [0.25, 0.3) is 0 Å². The molecule has 17 heavy (non-hydrogen) atoms. The third-order valence-electron chi connectivity index (χ3n) is 2.66. The molecule has 0 aliphatic carbocycles. The molecule has 1 aromatic heterocycles. The van der Waals surface area contributed by atoms with Gasteiger partial charge in [-0.05, 0) is 26.8 Å². The van der Waals surface area contributed by atoms with Gasteiger partial charge in [0, 0.05) is 24.2 Å². The van der Waals surface area contributed by atoms with E-state index in [1.807, 2.05) is 27.0 Å². The van der Waals surface area contributed by atoms with Crippen molar-refractivity contribution >= 4 is 0 Å². The molecule has 1 atom stereocenters. The summed E-state index contributed by atoms with van der Waals surface area (Å²) in [6.45, 7) is 8.39. The van der Waals surface area contributed by atoms with Crippen molar-refractivity contribution in [2.24, 2.45) is 5.92 Å². The minimum absolute atomic E-state index is 0.142. The van der Waals surface area contributed by atoms with Gasteiger partial charge in [0.25, 0.3) is 0 Å². The Bertz CT molecular complexity index is 339. The normalized spacial score (nSPS) is 13.1. The second-order valence-corrected chi connectivity index (χ2v) is 4.86. The summed E-state index contributed by atoms with van der Waals surface area (Å²) >= 11 is 0. The third kappa shape index (κ3) is 4.69. The first-order valence-electron chi connectivity index (χ1n) is 6.17. The Balaban J connectivity index is 2.70. The first-order chi connectivity index (χ1) is 8.02. The number of aromatic nitrogens is 2. The van der Waals surface area contributed by atoms with E-state index in [9.17, 15) is 0 Å². The van der Waals surface area contributed by atoms with Crippen LogP contribution in [0.4, 0.5) is 0 Å². The lowest BCUT2D eigenvalue weighted by atomic mass is 9.99. The molecule has 0 amide bonds. The maximum Gasteiger partial charge on any atom is 0.216 e. The van der Waals surface area contributed by atoms with Gasteiger partial charge < -0.3 is 10.1 Å². The molecular formula is C13H23N3O. The minimum atomic E-state index is 0.142. The van der Waals surface area contributed by atoms with Gasteiger partial charge in [-0.25, -0.2) is 9.97 Å². The predicted molar refractivity (Wildman–Crippen MR) is 69.2 cm³/mol. The first kappa shape index (κ1) is 13.9. The molecule has 1 heterocycles. The maximum absolute atomic E-state index is 5.56. The van der Waals surface area contributed by atoms with Gasteiger partial charge in [-0.3, -0.25) is 0 Å². The first-order valence-corrected chi connectivity index (χ1v) is 6.17. The Morgan fingerprint density at radius 3 is 2.47 bits per heavy atom. The van der Waals surface area contributed by atoms with Crippen molar-refractivity contribution in [1.82, 2.24) is 15.3 Å². The van der Waals surface area contributed by atoms with E-state index in [-0.39, 0.29) is 6.10 Å². The molecule has 0 spiro atoms. The highest BCUT2D eigenvalue weighted by molar-refractivity contribution is 5.14. The Morgan fingerprint density at radius 2 is 1.94 bits per heavy atom. The highest BCUT2D eigenvalue weighted by Crippen LogP contribution is 2.13. The second kappa shape index (κ2) is 6.55. The molecule has 0 aromatic carbocycles. The molecule has 0 radical (unpaired) electrons. The number of hydrogen-bond acceptors (Lipinski definition) is 4. The van der Waals surface area contributed by atoms with Gasteiger partial charge in [0.1, 0.15) is 6.33 Å². The fourth-order valence-electron chi connectivity index (χ4n) is 1.69. The van der Waals surface area contributed by atoms with Gasteiger partial charge in [0.2, 0.25) is 5.88 Å². The van der Waals surface area contributed by atoms with E-state index in [4.69, 9.17) is 4.74 Å². The van der Waals surface area contributed by atoms with Crippen molar-refractivity contribution in [2.75, 3.05) is 7.05 Å². The number of ether oxygens (including phenoxy) is 1. The Hall–Kier alpha value is -1.16. The van der Waals surface area contributed by atoms with Gasteiger partial charge >= 0.3 is 0 Å². The highest BCUT2D eigenvalue weighted by Gasteiger charge is 2.13. The molecule has 4 heteroatoms. The van der Waals surface area contributed by atoms with Crippen LogP contribution < -0.4 is 10.1 Å². The van der Waals surface area contributed by atoms with Crippen molar-refractivity contribution in [3.63, 3.8) is 0 Å². The molecular weight excluding hydrogens is 214 g/mol. The largest absolute Gasteiger partial charge is 0.475 e. The summed E-state index contributed by atoms with van der Waals surface area (Å²) in [5.74, 6) is 1.23. The molecule has 4 nitrogen and oxygen atoms in total. The van der Waals surface area contributed by atoms with E-state index in [2.05, 4.69) is 29.1 Å². The van der Waals surface area contributed by atoms with Crippen LogP contribution >= 0.6 is 0 Å². The molecule has 0 saturated heterocycles. The molecule has 0 bridgehead atoms. The molecule has 0 aliphatic heterocycles. The van der Waals surface area contributed by atoms with Crippen molar-refractivity contribution < 1.29 is 4.74 Å². The van der Waals surface area contributed by atoms with Crippen LogP contribution in [0.5, 0.6) is 5.88 Å². The average Bonchev–Trinajstić information content (AvgIpc) is 2.25. The number of rotatable bonds is 6. The van der Waals surface area contributed by atoms with E-state index in [1.165, 1.54) is 0 Å². The monoisotopic (exact) mass is 237 g/mol. The van der Waals surface area contributed by atoms with Crippen LogP contribution in [0.2, 0.25) is 0 Å². The van der Waals surface area contributed by atoms with Crippen LogP contribution in [0.15, 0.2) is 12.4 Å². The molecule has 1 rings (SSSR count). The van der Waals surface area contributed by atoms with Gasteiger partial charge in [-0.1, -0.05) is 13.8 Å². The minimum Gasteiger partial charge on any atom is -0.475 e. The van der Waals surface area contributed by atoms with E-state index in [0.29, 0.717) is 17.8 Å². The summed E-state index contributed by atoms with van der Waals surface area (Å²) in [6.07, 6.45) is 2.61. The molecule has 96 valence electrons. The van der Waals surface area contributed by atoms with E-state index in [0.717, 1.165) is 12.1 Å². The van der Waals surface area contributed by atoms with Crippen LogP contribution in [0.3, 0.4) is 0 Å². The summed E-state index contributed by atoms with van der Waals surface area (Å²) < 4.78 is 5.56. The summed E-state index contributed by atoms with van der Waals surface area (Å²) in [4.78, 5) is 8.39. The van der Waals surface area contributed by atoms with Crippen molar-refractivity contribution in [1.29, 1.82) is 0 Å². The lowest BCUT2D eigenvalue weighted by Crippen LogP contribution is -2.33. The van der Waals surface area contributed by atoms with Crippen LogP contribution in [-0.4, -0.2) is 29.2 Å². The fourth-order valence-corrected chi connectivity index (χ4v) is 1.69. The lowest BCUT2D eigenvalue weighted by molar-refractivity contribution is 0.231. The fraction of sp³-hybridized carbons (Fsp3) is 0.692. The summed E-state index contributed by atoms with van der Waals surface area (Å²) in [7, 11) is 1.98. The van der Waals surface area contributed by atoms with Gasteiger partial charge in [-0.2, -0.15) is 0 Å². The van der Waals surface area contributed by atoms with Gasteiger partial charge in [0.05, 0.1) is 6.10 Å². The van der Waals surface area contributed by atoms with E-state index in [1.54, 1.807) is 6.33 Å². The number of nitrogens with zero attached hydrogens (tertiary/aromatic N) is 2. The topological polar surface area (TPSA) is 47.0 Å². The standard InChI is InChI=1S/C13H23N3O/c1-9(2)12(14-5)6-11-7-13(16-8-15-11)17-10(3)4/h7-10,12,14H,6H2,1-5H3. The van der Waals surface area contributed by atoms with Crippen molar-refractivity contribution in [2.45, 2.75) is 46.3 Å². The van der Waals surface area contributed by atoms with Gasteiger partial charge in [-0.15, -0.1) is 0 Å². The third-order valence-corrected chi connectivity index (χ3v) is 2.66. The van der Waals surface area contributed by atoms with E-state index >= 15 is 0 Å². The zero-order valence-corrected chi connectivity index (χ0v) is 11.4. The molecule has 0 aliphatic rings. The van der Waals surface area contributed by atoms with Crippen LogP contribution in [0, 0.1) is 5.92 Å². The van der Waals surface area contributed by atoms with Crippen LogP contribution in [0.1, 0.15) is 33.4 Å².